The molecule has 0 aromatic heterocycles. The molecule has 2 aliphatic heterocycles. The van der Waals surface area contributed by atoms with Crippen molar-refractivity contribution in [3.05, 3.63) is 83.1 Å². The van der Waals surface area contributed by atoms with E-state index in [9.17, 15) is 14.7 Å². The van der Waals surface area contributed by atoms with E-state index < -0.39 is 35.2 Å². The van der Waals surface area contributed by atoms with Gasteiger partial charge in [0.1, 0.15) is 5.76 Å². The van der Waals surface area contributed by atoms with Gasteiger partial charge < -0.3 is 29.0 Å². The van der Waals surface area contributed by atoms with Gasteiger partial charge in [0.25, 0.3) is 0 Å². The topological polar surface area (TPSA) is 94.5 Å². The second-order valence-corrected chi connectivity index (χ2v) is 15.3. The van der Waals surface area contributed by atoms with E-state index in [1.54, 1.807) is 25.3 Å². The van der Waals surface area contributed by atoms with E-state index in [0.29, 0.717) is 48.5 Å². The van der Waals surface area contributed by atoms with Gasteiger partial charge in [-0.1, -0.05) is 107 Å². The van der Waals surface area contributed by atoms with Gasteiger partial charge in [-0.25, -0.2) is 4.79 Å². The monoisotopic (exact) mass is 713 g/mol. The van der Waals surface area contributed by atoms with Crippen LogP contribution >= 0.6 is 0 Å². The maximum absolute atomic E-state index is 14.0. The molecule has 0 saturated carbocycles. The highest BCUT2D eigenvalue weighted by molar-refractivity contribution is 5.82. The maximum atomic E-state index is 14.0. The summed E-state index contributed by atoms with van der Waals surface area (Å²) in [5, 5.41) is 12.5. The van der Waals surface area contributed by atoms with Crippen molar-refractivity contribution in [3.63, 3.8) is 0 Å². The van der Waals surface area contributed by atoms with Crippen LogP contribution < -0.4 is 9.47 Å². The average Bonchev–Trinajstić information content (AvgIpc) is 3.51. The van der Waals surface area contributed by atoms with E-state index in [1.165, 1.54) is 44.9 Å². The Kier molecular flexibility index (Phi) is 12.8. The smallest absolute Gasteiger partial charge is 0.357 e. The number of nitrogens with zero attached hydrogens (tertiary/aromatic N) is 1. The van der Waals surface area contributed by atoms with E-state index >= 15 is 0 Å². The third kappa shape index (κ3) is 7.70. The summed E-state index contributed by atoms with van der Waals surface area (Å²) in [7, 11) is 3.67. The molecule has 52 heavy (non-hydrogen) atoms. The van der Waals surface area contributed by atoms with Crippen LogP contribution in [0.2, 0.25) is 0 Å². The number of rotatable bonds is 20. The molecule has 2 aliphatic carbocycles. The van der Waals surface area contributed by atoms with Crippen LogP contribution in [0, 0.1) is 0 Å². The summed E-state index contributed by atoms with van der Waals surface area (Å²) in [6.45, 7) is 3.02. The number of esters is 2. The van der Waals surface area contributed by atoms with Crippen molar-refractivity contribution >= 4 is 11.9 Å². The van der Waals surface area contributed by atoms with Gasteiger partial charge in [-0.05, 0) is 76.2 Å². The number of hydrogen-bond acceptors (Lipinski definition) is 8. The van der Waals surface area contributed by atoms with Crippen LogP contribution in [-0.4, -0.2) is 60.4 Å². The molecule has 0 radical (unpaired) electrons. The number of carbonyl (C=O) groups excluding carboxylic acids is 2. The molecule has 0 amide bonds. The SMILES string of the molecule is CCCCCCCC/C=C\CCCCCCCC(=O)O[C@H](C(=O)OC1=CC[C@@]2(O)[C@@H]3Cc4ccc(OC)c5c4[C@@]2(CCN3C)[C@H]1O5)c1ccccc1. The van der Waals surface area contributed by atoms with Gasteiger partial charge >= 0.3 is 11.9 Å². The van der Waals surface area contributed by atoms with Crippen molar-refractivity contribution in [3.8, 4) is 11.5 Å². The number of hydrogen-bond donors (Lipinski definition) is 1. The number of methoxy groups -OCH3 is 1. The Bertz CT molecular complexity index is 1590. The van der Waals surface area contributed by atoms with Gasteiger partial charge in [0.15, 0.2) is 17.6 Å². The highest BCUT2D eigenvalue weighted by atomic mass is 16.6. The third-order valence-electron chi connectivity index (χ3n) is 12.0. The highest BCUT2D eigenvalue weighted by Gasteiger charge is 2.72. The number of aliphatic hydroxyl groups is 1. The summed E-state index contributed by atoms with van der Waals surface area (Å²) in [5.74, 6) is 0.460. The lowest BCUT2D eigenvalue weighted by Crippen LogP contribution is -2.74. The van der Waals surface area contributed by atoms with E-state index in [1.807, 2.05) is 24.3 Å². The molecule has 2 heterocycles. The molecule has 0 unspecified atom stereocenters. The fourth-order valence-electron chi connectivity index (χ4n) is 9.17. The molecular formula is C44H59NO7. The summed E-state index contributed by atoms with van der Waals surface area (Å²) < 4.78 is 24.4. The van der Waals surface area contributed by atoms with Gasteiger partial charge in [-0.2, -0.15) is 0 Å². The first kappa shape index (κ1) is 38.1. The standard InChI is InChI=1S/C44H59NO7/c1-4-5-6-7-8-9-10-11-12-13-14-15-16-17-21-24-37(46)51-39(32-22-19-18-20-23-32)42(47)50-35-27-28-44(48)36-31-33-25-26-34(49-3)40-38(33)43(44,41(35)52-40)29-30-45(36)2/h11-12,18-20,22-23,25-27,36,39,41,48H,4-10,13-17,21,24,28-31H2,1-3H3/b12-11-/t36-,39-,41-,43-,44+/m0/s1. The summed E-state index contributed by atoms with van der Waals surface area (Å²) in [6.07, 6.45) is 21.7. The quantitative estimate of drug-likeness (QED) is 0.0827. The molecule has 282 valence electrons. The lowest BCUT2D eigenvalue weighted by molar-refractivity contribution is -0.176. The van der Waals surface area contributed by atoms with Crippen molar-refractivity contribution < 1.29 is 33.6 Å². The molecule has 1 spiro atoms. The molecule has 1 N–H and O–H groups in total. The molecule has 6 rings (SSSR count). The molecular weight excluding hydrogens is 654 g/mol. The van der Waals surface area contributed by atoms with Crippen LogP contribution in [0.1, 0.15) is 132 Å². The van der Waals surface area contributed by atoms with Crippen LogP contribution in [0.5, 0.6) is 11.5 Å². The first-order chi connectivity index (χ1) is 25.3. The average molecular weight is 714 g/mol. The second-order valence-electron chi connectivity index (χ2n) is 15.3. The van der Waals surface area contributed by atoms with Gasteiger partial charge in [0.2, 0.25) is 6.10 Å². The number of likely N-dealkylation sites (N-methyl/N-ethyl adjacent to an activating group) is 1. The van der Waals surface area contributed by atoms with E-state index in [-0.39, 0.29) is 12.5 Å². The lowest BCUT2D eigenvalue weighted by Gasteiger charge is -2.61. The Hall–Kier alpha value is -3.62. The molecule has 8 nitrogen and oxygen atoms in total. The van der Waals surface area contributed by atoms with Gasteiger partial charge in [-0.15, -0.1) is 0 Å². The lowest BCUT2D eigenvalue weighted by atomic mass is 9.50. The van der Waals surface area contributed by atoms with Crippen LogP contribution in [0.25, 0.3) is 0 Å². The minimum absolute atomic E-state index is 0.109. The second kappa shape index (κ2) is 17.5. The fraction of sp³-hybridized carbons (Fsp3) is 0.591. The predicted molar refractivity (Wildman–Crippen MR) is 202 cm³/mol. The van der Waals surface area contributed by atoms with Gasteiger partial charge in [-0.3, -0.25) is 4.79 Å². The number of allylic oxidation sites excluding steroid dienone is 2. The van der Waals surface area contributed by atoms with Crippen molar-refractivity contribution in [2.45, 2.75) is 145 Å². The summed E-state index contributed by atoms with van der Waals surface area (Å²) in [4.78, 5) is 29.4. The fourth-order valence-corrected chi connectivity index (χ4v) is 9.17. The molecule has 5 atom stereocenters. The summed E-state index contributed by atoms with van der Waals surface area (Å²) in [6, 6.07) is 12.9. The van der Waals surface area contributed by atoms with Crippen LogP contribution in [0.4, 0.5) is 0 Å². The van der Waals surface area contributed by atoms with Crippen LogP contribution in [0.15, 0.2) is 66.5 Å². The molecule has 1 fully saturated rings. The summed E-state index contributed by atoms with van der Waals surface area (Å²) >= 11 is 0. The molecule has 2 aromatic carbocycles. The molecule has 4 aliphatic rings. The Morgan fingerprint density at radius 1 is 0.962 bits per heavy atom. The van der Waals surface area contributed by atoms with E-state index in [0.717, 1.165) is 49.8 Å². The largest absolute Gasteiger partial charge is 0.493 e. The first-order valence-corrected chi connectivity index (χ1v) is 19.9. The zero-order chi connectivity index (χ0) is 36.6. The minimum atomic E-state index is -1.22. The number of benzene rings is 2. The van der Waals surface area contributed by atoms with E-state index in [4.69, 9.17) is 18.9 Å². The van der Waals surface area contributed by atoms with Crippen molar-refractivity contribution in [2.24, 2.45) is 0 Å². The van der Waals surface area contributed by atoms with Crippen molar-refractivity contribution in [2.75, 3.05) is 20.7 Å². The molecule has 2 aromatic rings. The van der Waals surface area contributed by atoms with Crippen LogP contribution in [0.3, 0.4) is 0 Å². The van der Waals surface area contributed by atoms with Gasteiger partial charge in [0.05, 0.1) is 18.1 Å². The molecule has 8 heteroatoms. The summed E-state index contributed by atoms with van der Waals surface area (Å²) in [5.41, 5.74) is 0.734. The number of piperidine rings is 1. The van der Waals surface area contributed by atoms with E-state index in [2.05, 4.69) is 37.1 Å². The minimum Gasteiger partial charge on any atom is -0.493 e. The number of ether oxygens (including phenoxy) is 4. The normalized spacial score (nSPS) is 24.9. The Morgan fingerprint density at radius 2 is 1.65 bits per heavy atom. The Balaban J connectivity index is 1.03. The molecule has 2 bridgehead atoms. The first-order valence-electron chi connectivity index (χ1n) is 19.9. The third-order valence-corrected chi connectivity index (χ3v) is 12.0. The highest BCUT2D eigenvalue weighted by Crippen LogP contribution is 2.65. The van der Waals surface area contributed by atoms with Gasteiger partial charge in [0, 0.05) is 30.0 Å². The molecule has 1 saturated heterocycles. The number of unbranched alkanes of at least 4 members (excludes halogenated alkanes) is 11. The Labute approximate surface area is 310 Å². The van der Waals surface area contributed by atoms with Crippen molar-refractivity contribution in [1.82, 2.24) is 4.90 Å². The zero-order valence-electron chi connectivity index (χ0n) is 31.6. The predicted octanol–water partition coefficient (Wildman–Crippen LogP) is 8.84. The Morgan fingerprint density at radius 3 is 2.37 bits per heavy atom. The van der Waals surface area contributed by atoms with Crippen molar-refractivity contribution in [1.29, 1.82) is 0 Å². The number of likely N-dealkylation sites (tertiary alicyclic amines) is 1. The van der Waals surface area contributed by atoms with Crippen LogP contribution in [-0.2, 0) is 30.9 Å². The zero-order valence-corrected chi connectivity index (χ0v) is 31.6. The maximum Gasteiger partial charge on any atom is 0.357 e. The number of carbonyl (C=O) groups is 2.